The molecule has 3 rings (SSSR count). The van der Waals surface area contributed by atoms with Crippen molar-refractivity contribution < 1.29 is 14.5 Å². The maximum absolute atomic E-state index is 12.3. The fourth-order valence-electron chi connectivity index (χ4n) is 2.50. The van der Waals surface area contributed by atoms with Gasteiger partial charge in [-0.25, -0.2) is 5.43 Å². The molecule has 0 unspecified atom stereocenters. The molecule has 3 aromatic carbocycles. The third-order valence-corrected chi connectivity index (χ3v) is 4.68. The van der Waals surface area contributed by atoms with E-state index in [-0.39, 0.29) is 11.6 Å². The second-order valence-electron chi connectivity index (χ2n) is 6.06. The number of carbonyl (C=O) groups is 2. The molecule has 0 atom stereocenters. The van der Waals surface area contributed by atoms with E-state index in [0.717, 1.165) is 0 Å². The van der Waals surface area contributed by atoms with Crippen molar-refractivity contribution in [2.24, 2.45) is 5.10 Å². The monoisotopic (exact) mass is 466 g/mol. The zero-order valence-electron chi connectivity index (χ0n) is 15.4. The molecule has 150 valence electrons. The fourth-order valence-corrected chi connectivity index (χ4v) is 2.96. The number of nitro groups is 1. The van der Waals surface area contributed by atoms with Crippen molar-refractivity contribution in [1.82, 2.24) is 5.43 Å². The van der Waals surface area contributed by atoms with Crippen LogP contribution < -0.4 is 10.7 Å². The van der Waals surface area contributed by atoms with Gasteiger partial charge in [0.1, 0.15) is 0 Å². The van der Waals surface area contributed by atoms with Crippen molar-refractivity contribution in [2.75, 3.05) is 5.32 Å². The van der Waals surface area contributed by atoms with Crippen molar-refractivity contribution >= 4 is 45.3 Å². The number of non-ortho nitro benzene ring substituents is 1. The van der Waals surface area contributed by atoms with E-state index in [1.807, 2.05) is 6.07 Å². The van der Waals surface area contributed by atoms with E-state index in [9.17, 15) is 19.7 Å². The lowest BCUT2D eigenvalue weighted by molar-refractivity contribution is -0.384. The average molecular weight is 467 g/mol. The van der Waals surface area contributed by atoms with Crippen LogP contribution in [0.3, 0.4) is 0 Å². The molecular weight excluding hydrogens is 452 g/mol. The number of halogens is 1. The molecule has 0 fully saturated rings. The van der Waals surface area contributed by atoms with Gasteiger partial charge in [0.15, 0.2) is 0 Å². The Morgan fingerprint density at radius 3 is 2.40 bits per heavy atom. The van der Waals surface area contributed by atoms with E-state index >= 15 is 0 Å². The van der Waals surface area contributed by atoms with E-state index in [2.05, 4.69) is 31.8 Å². The van der Waals surface area contributed by atoms with Crippen LogP contribution in [0, 0.1) is 10.1 Å². The van der Waals surface area contributed by atoms with Gasteiger partial charge in [-0.2, -0.15) is 5.10 Å². The molecule has 8 nitrogen and oxygen atoms in total. The lowest BCUT2D eigenvalue weighted by atomic mass is 10.1. The Balaban J connectivity index is 1.60. The number of anilines is 1. The van der Waals surface area contributed by atoms with Crippen LogP contribution in [0.4, 0.5) is 11.4 Å². The molecular formula is C21H15BrN4O4. The van der Waals surface area contributed by atoms with Crippen LogP contribution in [-0.4, -0.2) is 23.0 Å². The van der Waals surface area contributed by atoms with Gasteiger partial charge in [-0.15, -0.1) is 0 Å². The minimum Gasteiger partial charge on any atom is -0.322 e. The average Bonchev–Trinajstić information content (AvgIpc) is 2.74. The summed E-state index contributed by atoms with van der Waals surface area (Å²) >= 11 is 3.33. The Bertz CT molecular complexity index is 1130. The van der Waals surface area contributed by atoms with Crippen LogP contribution in [0.25, 0.3) is 0 Å². The van der Waals surface area contributed by atoms with Crippen molar-refractivity contribution in [1.29, 1.82) is 0 Å². The van der Waals surface area contributed by atoms with E-state index in [1.54, 1.807) is 48.5 Å². The summed E-state index contributed by atoms with van der Waals surface area (Å²) in [4.78, 5) is 34.8. The molecule has 2 N–H and O–H groups in total. The zero-order chi connectivity index (χ0) is 21.5. The number of hydrogen-bond donors (Lipinski definition) is 2. The number of amides is 2. The predicted octanol–water partition coefficient (Wildman–Crippen LogP) is 4.37. The first-order valence-electron chi connectivity index (χ1n) is 8.68. The van der Waals surface area contributed by atoms with Crippen LogP contribution in [-0.2, 0) is 0 Å². The topological polar surface area (TPSA) is 114 Å². The van der Waals surface area contributed by atoms with Gasteiger partial charge in [-0.3, -0.25) is 19.7 Å². The van der Waals surface area contributed by atoms with E-state index in [0.29, 0.717) is 26.9 Å². The van der Waals surface area contributed by atoms with Gasteiger partial charge in [0, 0.05) is 33.4 Å². The molecule has 0 aromatic heterocycles. The van der Waals surface area contributed by atoms with Gasteiger partial charge in [0.05, 0.1) is 16.7 Å². The molecule has 0 spiro atoms. The molecule has 0 bridgehead atoms. The Kier molecular flexibility index (Phi) is 6.66. The third-order valence-electron chi connectivity index (χ3n) is 3.98. The van der Waals surface area contributed by atoms with Gasteiger partial charge in [-0.1, -0.05) is 24.3 Å². The molecule has 3 aromatic rings. The minimum atomic E-state index is -0.507. The normalized spacial score (nSPS) is 10.6. The molecule has 0 aliphatic carbocycles. The number of carbonyl (C=O) groups excluding carboxylic acids is 2. The maximum Gasteiger partial charge on any atom is 0.271 e. The first-order valence-corrected chi connectivity index (χ1v) is 9.47. The quantitative estimate of drug-likeness (QED) is 0.318. The van der Waals surface area contributed by atoms with Gasteiger partial charge in [0.2, 0.25) is 0 Å². The molecule has 0 aliphatic rings. The summed E-state index contributed by atoms with van der Waals surface area (Å²) in [6.45, 7) is 0. The van der Waals surface area contributed by atoms with Gasteiger partial charge < -0.3 is 5.32 Å². The van der Waals surface area contributed by atoms with Crippen molar-refractivity contribution in [3.05, 3.63) is 104 Å². The number of hydrogen-bond acceptors (Lipinski definition) is 5. The highest BCUT2D eigenvalue weighted by atomic mass is 79.9. The van der Waals surface area contributed by atoms with Gasteiger partial charge in [-0.05, 0) is 52.3 Å². The predicted molar refractivity (Wildman–Crippen MR) is 117 cm³/mol. The number of rotatable bonds is 6. The molecule has 0 radical (unpaired) electrons. The molecule has 0 saturated carbocycles. The summed E-state index contributed by atoms with van der Waals surface area (Å²) in [6, 6.07) is 19.2. The standard InChI is InChI=1S/C21H15BrN4O4/c22-19-7-2-1-6-18(19)21(28)24-16-10-8-15(9-11-16)20(27)25-23-13-14-4-3-5-17(12-14)26(29)30/h1-13H,(H,24,28)(H,25,27)/b23-13-. The van der Waals surface area contributed by atoms with Crippen LogP contribution in [0.5, 0.6) is 0 Å². The summed E-state index contributed by atoms with van der Waals surface area (Å²) in [5.41, 5.74) is 4.14. The Morgan fingerprint density at radius 2 is 1.70 bits per heavy atom. The van der Waals surface area contributed by atoms with Crippen LogP contribution >= 0.6 is 15.9 Å². The zero-order valence-corrected chi connectivity index (χ0v) is 17.0. The summed E-state index contributed by atoms with van der Waals surface area (Å²) in [5.74, 6) is -0.735. The van der Waals surface area contributed by atoms with Crippen LogP contribution in [0.2, 0.25) is 0 Å². The number of nitrogens with one attached hydrogen (secondary N) is 2. The van der Waals surface area contributed by atoms with Crippen molar-refractivity contribution in [3.63, 3.8) is 0 Å². The Hall–Kier alpha value is -3.85. The summed E-state index contributed by atoms with van der Waals surface area (Å²) in [7, 11) is 0. The minimum absolute atomic E-state index is 0.0644. The van der Waals surface area contributed by atoms with Gasteiger partial charge >= 0.3 is 0 Å². The Morgan fingerprint density at radius 1 is 0.967 bits per heavy atom. The fraction of sp³-hybridized carbons (Fsp3) is 0. The van der Waals surface area contributed by atoms with E-state index < -0.39 is 10.8 Å². The number of benzene rings is 3. The van der Waals surface area contributed by atoms with Gasteiger partial charge in [0.25, 0.3) is 17.5 Å². The van der Waals surface area contributed by atoms with E-state index in [4.69, 9.17) is 0 Å². The molecule has 30 heavy (non-hydrogen) atoms. The second kappa shape index (κ2) is 9.57. The molecule has 0 saturated heterocycles. The van der Waals surface area contributed by atoms with Crippen LogP contribution in [0.1, 0.15) is 26.3 Å². The molecule has 0 heterocycles. The number of nitro benzene ring substituents is 1. The Labute approximate surface area is 179 Å². The van der Waals surface area contributed by atoms with Crippen molar-refractivity contribution in [3.8, 4) is 0 Å². The van der Waals surface area contributed by atoms with Crippen molar-refractivity contribution in [2.45, 2.75) is 0 Å². The molecule has 0 aliphatic heterocycles. The maximum atomic E-state index is 12.3. The summed E-state index contributed by atoms with van der Waals surface area (Å²) in [5, 5.41) is 17.3. The smallest absolute Gasteiger partial charge is 0.271 e. The number of hydrazone groups is 1. The number of nitrogens with zero attached hydrogens (tertiary/aromatic N) is 2. The molecule has 9 heteroatoms. The lowest BCUT2D eigenvalue weighted by Crippen LogP contribution is -2.18. The second-order valence-corrected chi connectivity index (χ2v) is 6.92. The first kappa shape index (κ1) is 20.9. The highest BCUT2D eigenvalue weighted by Gasteiger charge is 2.10. The first-order chi connectivity index (χ1) is 14.4. The highest BCUT2D eigenvalue weighted by Crippen LogP contribution is 2.18. The summed E-state index contributed by atoms with van der Waals surface area (Å²) in [6.07, 6.45) is 1.32. The molecule has 2 amide bonds. The highest BCUT2D eigenvalue weighted by molar-refractivity contribution is 9.10. The largest absolute Gasteiger partial charge is 0.322 e. The lowest BCUT2D eigenvalue weighted by Gasteiger charge is -2.07. The third kappa shape index (κ3) is 5.36. The SMILES string of the molecule is O=C(N/N=C\c1cccc([N+](=O)[O-])c1)c1ccc(NC(=O)c2ccccc2Br)cc1. The van der Waals surface area contributed by atoms with Crippen LogP contribution in [0.15, 0.2) is 82.4 Å². The summed E-state index contributed by atoms with van der Waals surface area (Å²) < 4.78 is 0.681. The van der Waals surface area contributed by atoms with E-state index in [1.165, 1.54) is 24.4 Å².